The summed E-state index contributed by atoms with van der Waals surface area (Å²) in [7, 11) is 0. The zero-order valence-electron chi connectivity index (χ0n) is 13.9. The van der Waals surface area contributed by atoms with Crippen LogP contribution in [0.3, 0.4) is 0 Å². The van der Waals surface area contributed by atoms with Crippen LogP contribution in [0.4, 0.5) is 4.79 Å². The maximum Gasteiger partial charge on any atom is 0.410 e. The fourth-order valence-electron chi connectivity index (χ4n) is 2.34. The number of ether oxygens (including phenoxy) is 1. The Morgan fingerprint density at radius 2 is 1.90 bits per heavy atom. The van der Waals surface area contributed by atoms with Crippen molar-refractivity contribution in [3.05, 3.63) is 0 Å². The highest BCUT2D eigenvalue weighted by atomic mass is 16.6. The third-order valence-electron chi connectivity index (χ3n) is 3.60. The Balaban J connectivity index is 2.18. The second-order valence-electron chi connectivity index (χ2n) is 7.30. The number of nitrogens with one attached hydrogen (secondary N) is 1. The van der Waals surface area contributed by atoms with Gasteiger partial charge in [0.05, 0.1) is 0 Å². The van der Waals surface area contributed by atoms with E-state index in [4.69, 9.17) is 4.74 Å². The van der Waals surface area contributed by atoms with E-state index in [1.54, 1.807) is 0 Å². The van der Waals surface area contributed by atoms with Crippen molar-refractivity contribution < 1.29 is 9.53 Å². The lowest BCUT2D eigenvalue weighted by Crippen LogP contribution is -2.43. The molecular formula is C16H32N2O2. The fourth-order valence-corrected chi connectivity index (χ4v) is 2.34. The van der Waals surface area contributed by atoms with Gasteiger partial charge in [-0.2, -0.15) is 0 Å². The molecule has 0 aromatic rings. The van der Waals surface area contributed by atoms with Crippen LogP contribution in [-0.2, 0) is 4.74 Å². The Bertz CT molecular complexity index is 289. The van der Waals surface area contributed by atoms with Gasteiger partial charge in [-0.15, -0.1) is 0 Å². The molecule has 0 spiro atoms. The highest BCUT2D eigenvalue weighted by Crippen LogP contribution is 2.19. The van der Waals surface area contributed by atoms with E-state index < -0.39 is 5.60 Å². The number of piperidine rings is 1. The van der Waals surface area contributed by atoms with Crippen LogP contribution in [0.1, 0.15) is 53.9 Å². The molecule has 1 aliphatic heterocycles. The summed E-state index contributed by atoms with van der Waals surface area (Å²) in [6.45, 7) is 14.1. The number of carbonyl (C=O) groups is 1. The summed E-state index contributed by atoms with van der Waals surface area (Å²) in [5.41, 5.74) is -0.396. The number of rotatable bonds is 5. The number of amides is 1. The summed E-state index contributed by atoms with van der Waals surface area (Å²) in [5.74, 6) is 1.46. The highest BCUT2D eigenvalue weighted by Gasteiger charge is 2.26. The first-order valence-electron chi connectivity index (χ1n) is 7.96. The van der Waals surface area contributed by atoms with Gasteiger partial charge in [-0.3, -0.25) is 0 Å². The average Bonchev–Trinajstić information content (AvgIpc) is 2.33. The number of carbonyl (C=O) groups excluding carboxylic acids is 1. The van der Waals surface area contributed by atoms with Crippen LogP contribution in [0.15, 0.2) is 0 Å². The number of hydrogen-bond donors (Lipinski definition) is 1. The smallest absolute Gasteiger partial charge is 0.410 e. The summed E-state index contributed by atoms with van der Waals surface area (Å²) < 4.78 is 5.41. The van der Waals surface area contributed by atoms with E-state index in [0.29, 0.717) is 5.92 Å². The molecule has 0 saturated carbocycles. The molecule has 0 unspecified atom stereocenters. The molecule has 0 bridgehead atoms. The van der Waals surface area contributed by atoms with E-state index in [0.717, 1.165) is 44.9 Å². The van der Waals surface area contributed by atoms with Crippen LogP contribution < -0.4 is 5.32 Å². The van der Waals surface area contributed by atoms with Crippen molar-refractivity contribution >= 4 is 6.09 Å². The van der Waals surface area contributed by atoms with Crippen molar-refractivity contribution in [1.82, 2.24) is 10.2 Å². The Hall–Kier alpha value is -0.770. The van der Waals surface area contributed by atoms with Crippen LogP contribution >= 0.6 is 0 Å². The van der Waals surface area contributed by atoms with Gasteiger partial charge in [-0.25, -0.2) is 4.79 Å². The zero-order valence-corrected chi connectivity index (χ0v) is 13.9. The number of hydrogen-bond acceptors (Lipinski definition) is 3. The highest BCUT2D eigenvalue weighted by molar-refractivity contribution is 5.68. The van der Waals surface area contributed by atoms with Crippen molar-refractivity contribution in [2.24, 2.45) is 11.8 Å². The standard InChI is InChI=1S/C16H32N2O2/c1-13(2)6-9-17-12-14-7-10-18(11-8-14)15(19)20-16(3,4)5/h13-14,17H,6-12H2,1-5H3. The molecule has 1 rings (SSSR count). The molecule has 1 aliphatic rings. The minimum absolute atomic E-state index is 0.163. The van der Waals surface area contributed by atoms with Gasteiger partial charge in [0.15, 0.2) is 0 Å². The molecule has 1 fully saturated rings. The molecule has 4 nitrogen and oxygen atoms in total. The largest absolute Gasteiger partial charge is 0.444 e. The molecule has 1 amide bonds. The van der Waals surface area contributed by atoms with Crippen molar-refractivity contribution in [2.45, 2.75) is 59.5 Å². The molecule has 1 saturated heterocycles. The number of nitrogens with zero attached hydrogens (tertiary/aromatic N) is 1. The molecule has 0 aromatic carbocycles. The molecule has 118 valence electrons. The maximum absolute atomic E-state index is 11.9. The van der Waals surface area contributed by atoms with Gasteiger partial charge < -0.3 is 15.0 Å². The van der Waals surface area contributed by atoms with Crippen molar-refractivity contribution in [3.63, 3.8) is 0 Å². The second kappa shape index (κ2) is 7.87. The lowest BCUT2D eigenvalue weighted by atomic mass is 9.97. The van der Waals surface area contributed by atoms with E-state index in [9.17, 15) is 4.79 Å². The van der Waals surface area contributed by atoms with Gasteiger partial charge in [0.25, 0.3) is 0 Å². The minimum Gasteiger partial charge on any atom is -0.444 e. The summed E-state index contributed by atoms with van der Waals surface area (Å²) >= 11 is 0. The SMILES string of the molecule is CC(C)CCNCC1CCN(C(=O)OC(C)(C)C)CC1. The Kier molecular flexibility index (Phi) is 6.80. The van der Waals surface area contributed by atoms with E-state index in [1.165, 1.54) is 6.42 Å². The molecule has 0 aromatic heterocycles. The third kappa shape index (κ3) is 7.13. The summed E-state index contributed by atoms with van der Waals surface area (Å²) in [4.78, 5) is 13.8. The van der Waals surface area contributed by atoms with Gasteiger partial charge in [-0.1, -0.05) is 13.8 Å². The van der Waals surface area contributed by atoms with Crippen LogP contribution in [0.5, 0.6) is 0 Å². The van der Waals surface area contributed by atoms with E-state index >= 15 is 0 Å². The van der Waals surface area contributed by atoms with E-state index in [1.807, 2.05) is 25.7 Å². The Labute approximate surface area is 124 Å². The van der Waals surface area contributed by atoms with E-state index in [2.05, 4.69) is 19.2 Å². The first-order chi connectivity index (χ1) is 9.28. The molecule has 0 aliphatic carbocycles. The van der Waals surface area contributed by atoms with Crippen molar-refractivity contribution in [2.75, 3.05) is 26.2 Å². The maximum atomic E-state index is 11.9. The summed E-state index contributed by atoms with van der Waals surface area (Å²) in [6, 6.07) is 0. The molecule has 20 heavy (non-hydrogen) atoms. The molecule has 1 heterocycles. The fraction of sp³-hybridized carbons (Fsp3) is 0.938. The topological polar surface area (TPSA) is 41.6 Å². The average molecular weight is 284 g/mol. The van der Waals surface area contributed by atoms with Crippen LogP contribution in [0.2, 0.25) is 0 Å². The molecule has 1 N–H and O–H groups in total. The third-order valence-corrected chi connectivity index (χ3v) is 3.60. The molecular weight excluding hydrogens is 252 g/mol. The Morgan fingerprint density at radius 3 is 2.40 bits per heavy atom. The zero-order chi connectivity index (χ0) is 15.2. The van der Waals surface area contributed by atoms with Crippen LogP contribution in [0, 0.1) is 11.8 Å². The Morgan fingerprint density at radius 1 is 1.30 bits per heavy atom. The summed E-state index contributed by atoms with van der Waals surface area (Å²) in [6.07, 6.45) is 3.22. The van der Waals surface area contributed by atoms with Gasteiger partial charge in [0.1, 0.15) is 5.60 Å². The van der Waals surface area contributed by atoms with Gasteiger partial charge in [0, 0.05) is 13.1 Å². The predicted molar refractivity (Wildman–Crippen MR) is 82.9 cm³/mol. The molecule has 4 heteroatoms. The van der Waals surface area contributed by atoms with Gasteiger partial charge in [-0.05, 0) is 65.0 Å². The lowest BCUT2D eigenvalue weighted by molar-refractivity contribution is 0.0184. The minimum atomic E-state index is -0.396. The second-order valence-corrected chi connectivity index (χ2v) is 7.30. The first kappa shape index (κ1) is 17.3. The normalized spacial score (nSPS) is 17.6. The van der Waals surface area contributed by atoms with Crippen LogP contribution in [0.25, 0.3) is 0 Å². The van der Waals surface area contributed by atoms with Gasteiger partial charge in [0.2, 0.25) is 0 Å². The molecule has 0 radical (unpaired) electrons. The quantitative estimate of drug-likeness (QED) is 0.788. The lowest BCUT2D eigenvalue weighted by Gasteiger charge is -2.33. The van der Waals surface area contributed by atoms with Crippen molar-refractivity contribution in [1.29, 1.82) is 0 Å². The monoisotopic (exact) mass is 284 g/mol. The predicted octanol–water partition coefficient (Wildman–Crippen LogP) is 3.27. The molecule has 0 atom stereocenters. The number of likely N-dealkylation sites (tertiary alicyclic amines) is 1. The first-order valence-corrected chi connectivity index (χ1v) is 7.96. The van der Waals surface area contributed by atoms with E-state index in [-0.39, 0.29) is 6.09 Å². The summed E-state index contributed by atoms with van der Waals surface area (Å²) in [5, 5.41) is 3.53. The van der Waals surface area contributed by atoms with Gasteiger partial charge >= 0.3 is 6.09 Å². The van der Waals surface area contributed by atoms with Crippen molar-refractivity contribution in [3.8, 4) is 0 Å². The van der Waals surface area contributed by atoms with Crippen LogP contribution in [-0.4, -0.2) is 42.8 Å².